The number of hydrogen-bond acceptors (Lipinski definition) is 5. The van der Waals surface area contributed by atoms with Gasteiger partial charge in [0.05, 0.1) is 34.0 Å². The van der Waals surface area contributed by atoms with Gasteiger partial charge in [0.15, 0.2) is 0 Å². The Morgan fingerprint density at radius 1 is 1.06 bits per heavy atom. The van der Waals surface area contributed by atoms with E-state index in [1.807, 2.05) is 18.5 Å². The van der Waals surface area contributed by atoms with Gasteiger partial charge in [-0.3, -0.25) is 0 Å². The topological polar surface area (TPSA) is 95.8 Å². The summed E-state index contributed by atoms with van der Waals surface area (Å²) in [5.41, 5.74) is 10.2. The monoisotopic (exact) mass is 467 g/mol. The van der Waals surface area contributed by atoms with E-state index in [9.17, 15) is 12.8 Å². The van der Waals surface area contributed by atoms with Crippen molar-refractivity contribution in [1.29, 1.82) is 0 Å². The van der Waals surface area contributed by atoms with Crippen molar-refractivity contribution in [3.05, 3.63) is 54.6 Å². The van der Waals surface area contributed by atoms with Gasteiger partial charge in [-0.25, -0.2) is 26.7 Å². The molecule has 0 bridgehead atoms. The molecule has 7 nitrogen and oxygen atoms in total. The molecule has 33 heavy (non-hydrogen) atoms. The summed E-state index contributed by atoms with van der Waals surface area (Å²) in [4.78, 5) is 8.97. The van der Waals surface area contributed by atoms with E-state index in [0.717, 1.165) is 52.2 Å². The lowest BCUT2D eigenvalue weighted by molar-refractivity contribution is 0.523. The van der Waals surface area contributed by atoms with Gasteiger partial charge < -0.3 is 10.3 Å². The summed E-state index contributed by atoms with van der Waals surface area (Å²) in [6.45, 7) is 3.23. The number of nitrogen functional groups attached to an aromatic ring is 1. The summed E-state index contributed by atoms with van der Waals surface area (Å²) >= 11 is 0. The molecule has 0 saturated heterocycles. The van der Waals surface area contributed by atoms with Crippen LogP contribution in [0.5, 0.6) is 0 Å². The average Bonchev–Trinajstić information content (AvgIpc) is 3.51. The van der Waals surface area contributed by atoms with Crippen LogP contribution in [0.2, 0.25) is 0 Å². The highest BCUT2D eigenvalue weighted by atomic mass is 32.2. The summed E-state index contributed by atoms with van der Waals surface area (Å²) in [6, 6.07) is 12.1. The van der Waals surface area contributed by atoms with Crippen molar-refractivity contribution in [2.75, 3.05) is 5.73 Å². The molecule has 2 N–H and O–H groups in total. The highest BCUT2D eigenvalue weighted by Gasteiger charge is 2.27. The smallest absolute Gasteiger partial charge is 0.244 e. The van der Waals surface area contributed by atoms with Crippen LogP contribution in [0, 0.1) is 5.82 Å². The third-order valence-electron chi connectivity index (χ3n) is 6.39. The molecule has 1 saturated carbocycles. The molecular weight excluding hydrogens is 441 g/mol. The molecule has 172 valence electrons. The largest absolute Gasteiger partial charge is 0.368 e. The first-order valence-electron chi connectivity index (χ1n) is 11.1. The molecule has 5 rings (SSSR count). The third kappa shape index (κ3) is 3.60. The Morgan fingerprint density at radius 3 is 2.39 bits per heavy atom. The number of anilines is 1. The third-order valence-corrected chi connectivity index (χ3v) is 8.47. The summed E-state index contributed by atoms with van der Waals surface area (Å²) in [5.74, 6) is -0.367. The fourth-order valence-corrected chi connectivity index (χ4v) is 5.77. The Labute approximate surface area is 192 Å². The lowest BCUT2D eigenvalue weighted by atomic mass is 10.0. The molecule has 4 aromatic rings. The van der Waals surface area contributed by atoms with Crippen LogP contribution >= 0.6 is 0 Å². The maximum absolute atomic E-state index is 13.6. The van der Waals surface area contributed by atoms with E-state index in [4.69, 9.17) is 10.7 Å². The Balaban J connectivity index is 1.75. The lowest BCUT2D eigenvalue weighted by Gasteiger charge is -2.17. The van der Waals surface area contributed by atoms with Crippen LogP contribution in [0.1, 0.15) is 45.6 Å². The van der Waals surface area contributed by atoms with Crippen molar-refractivity contribution in [3.8, 4) is 22.5 Å². The zero-order chi connectivity index (χ0) is 23.3. The number of nitrogens with two attached hydrogens (primary N) is 1. The minimum atomic E-state index is -3.70. The second kappa shape index (κ2) is 7.98. The van der Waals surface area contributed by atoms with Crippen molar-refractivity contribution in [1.82, 2.24) is 18.5 Å². The van der Waals surface area contributed by atoms with Crippen LogP contribution in [0.3, 0.4) is 0 Å². The number of imidazole rings is 2. The summed E-state index contributed by atoms with van der Waals surface area (Å²) in [6.07, 6.45) is 6.26. The van der Waals surface area contributed by atoms with E-state index in [2.05, 4.69) is 9.55 Å². The molecule has 0 aliphatic heterocycles. The van der Waals surface area contributed by atoms with Gasteiger partial charge >= 0.3 is 0 Å². The molecule has 2 aromatic heterocycles. The summed E-state index contributed by atoms with van der Waals surface area (Å²) in [7, 11) is -3.70. The number of rotatable bonds is 5. The van der Waals surface area contributed by atoms with Crippen LogP contribution in [0.15, 0.2) is 48.8 Å². The van der Waals surface area contributed by atoms with Gasteiger partial charge in [-0.05, 0) is 63.1 Å². The Morgan fingerprint density at radius 2 is 1.73 bits per heavy atom. The van der Waals surface area contributed by atoms with Crippen molar-refractivity contribution >= 4 is 27.0 Å². The highest BCUT2D eigenvalue weighted by molar-refractivity contribution is 7.90. The number of benzene rings is 2. The van der Waals surface area contributed by atoms with Crippen LogP contribution in [0.4, 0.5) is 10.3 Å². The molecular formula is C24H26FN5O2S. The van der Waals surface area contributed by atoms with Gasteiger partial charge in [0, 0.05) is 17.2 Å². The van der Waals surface area contributed by atoms with Gasteiger partial charge in [-0.2, -0.15) is 0 Å². The predicted molar refractivity (Wildman–Crippen MR) is 128 cm³/mol. The zero-order valence-corrected chi connectivity index (χ0v) is 19.4. The average molecular weight is 468 g/mol. The van der Waals surface area contributed by atoms with Crippen LogP contribution in [-0.4, -0.2) is 32.2 Å². The van der Waals surface area contributed by atoms with E-state index in [-0.39, 0.29) is 11.8 Å². The summed E-state index contributed by atoms with van der Waals surface area (Å²) < 4.78 is 42.9. The normalized spacial score (nSPS) is 15.2. The molecule has 0 spiro atoms. The SMILES string of the molecule is CC(C)S(=O)(=O)n1c(N)nc2ccc(-c3c(-c4ccc(F)cc4)ncn3C3CCCC3)cc21. The second-order valence-corrected chi connectivity index (χ2v) is 11.2. The van der Waals surface area contributed by atoms with Crippen molar-refractivity contribution in [2.24, 2.45) is 0 Å². The van der Waals surface area contributed by atoms with Crippen molar-refractivity contribution in [2.45, 2.75) is 50.8 Å². The van der Waals surface area contributed by atoms with Gasteiger partial charge in [0.2, 0.25) is 16.0 Å². The number of aromatic nitrogens is 4. The van der Waals surface area contributed by atoms with E-state index < -0.39 is 15.3 Å². The van der Waals surface area contributed by atoms with E-state index in [0.29, 0.717) is 17.1 Å². The predicted octanol–water partition coefficient (Wildman–Crippen LogP) is 4.99. The Kier molecular flexibility index (Phi) is 5.23. The number of nitrogens with zero attached hydrogens (tertiary/aromatic N) is 4. The minimum Gasteiger partial charge on any atom is -0.368 e. The first kappa shape index (κ1) is 21.6. The van der Waals surface area contributed by atoms with Gasteiger partial charge in [0.25, 0.3) is 0 Å². The molecule has 1 aliphatic rings. The molecule has 0 radical (unpaired) electrons. The van der Waals surface area contributed by atoms with E-state index >= 15 is 0 Å². The molecule has 0 amide bonds. The second-order valence-electron chi connectivity index (χ2n) is 8.83. The maximum atomic E-state index is 13.6. The van der Waals surface area contributed by atoms with Crippen LogP contribution in [-0.2, 0) is 10.0 Å². The molecule has 2 aromatic carbocycles. The fraction of sp³-hybridized carbons (Fsp3) is 0.333. The molecule has 0 unspecified atom stereocenters. The quantitative estimate of drug-likeness (QED) is 0.446. The Hall–Kier alpha value is -3.20. The molecule has 0 atom stereocenters. The molecule has 9 heteroatoms. The number of fused-ring (bicyclic) bond motifs is 1. The molecule has 2 heterocycles. The van der Waals surface area contributed by atoms with Crippen molar-refractivity contribution in [3.63, 3.8) is 0 Å². The first-order valence-corrected chi connectivity index (χ1v) is 12.6. The maximum Gasteiger partial charge on any atom is 0.244 e. The van der Waals surface area contributed by atoms with Gasteiger partial charge in [0.1, 0.15) is 5.82 Å². The number of halogens is 1. The molecule has 1 aliphatic carbocycles. The zero-order valence-electron chi connectivity index (χ0n) is 18.6. The van der Waals surface area contributed by atoms with E-state index in [1.165, 1.54) is 12.1 Å². The standard InChI is InChI=1S/C24H26FN5O2S/c1-15(2)33(31,32)30-21-13-17(9-12-20(21)28-24(30)26)23-22(16-7-10-18(25)11-8-16)27-14-29(23)19-5-3-4-6-19/h7-15,19H,3-6H2,1-2H3,(H2,26,28). The van der Waals surface area contributed by atoms with Crippen molar-refractivity contribution < 1.29 is 12.8 Å². The van der Waals surface area contributed by atoms with Crippen LogP contribution < -0.4 is 5.73 Å². The van der Waals surface area contributed by atoms with Gasteiger partial charge in [-0.15, -0.1) is 0 Å². The molecule has 1 fully saturated rings. The highest BCUT2D eigenvalue weighted by Crippen LogP contribution is 2.39. The fourth-order valence-electron chi connectivity index (χ4n) is 4.62. The minimum absolute atomic E-state index is 0.0566. The van der Waals surface area contributed by atoms with Gasteiger partial charge in [-0.1, -0.05) is 18.9 Å². The number of hydrogen-bond donors (Lipinski definition) is 1. The lowest BCUT2D eigenvalue weighted by Crippen LogP contribution is -2.23. The Bertz CT molecular complexity index is 1430. The first-order chi connectivity index (χ1) is 15.8. The van der Waals surface area contributed by atoms with Crippen LogP contribution in [0.25, 0.3) is 33.5 Å². The summed E-state index contributed by atoms with van der Waals surface area (Å²) in [5, 5.41) is -0.653. The van der Waals surface area contributed by atoms with E-state index in [1.54, 1.807) is 32.0 Å².